The van der Waals surface area contributed by atoms with Gasteiger partial charge in [0.05, 0.1) is 13.1 Å². The highest BCUT2D eigenvalue weighted by Crippen LogP contribution is 2.31. The van der Waals surface area contributed by atoms with E-state index in [9.17, 15) is 9.59 Å². The van der Waals surface area contributed by atoms with Crippen molar-refractivity contribution in [3.8, 4) is 0 Å². The molecule has 1 atom stereocenters. The van der Waals surface area contributed by atoms with Crippen molar-refractivity contribution in [3.05, 3.63) is 19.2 Å². The van der Waals surface area contributed by atoms with Gasteiger partial charge in [-0.1, -0.05) is 0 Å². The van der Waals surface area contributed by atoms with E-state index < -0.39 is 6.04 Å². The van der Waals surface area contributed by atoms with E-state index in [-0.39, 0.29) is 17.9 Å². The molecule has 2 amide bonds. The van der Waals surface area contributed by atoms with Crippen molar-refractivity contribution in [2.24, 2.45) is 0 Å². The van der Waals surface area contributed by atoms with Crippen LogP contribution in [0.15, 0.2) is 13.6 Å². The first-order valence-corrected chi connectivity index (χ1v) is 7.77. The zero-order valence-corrected chi connectivity index (χ0v) is 14.2. The Kier molecular flexibility index (Phi) is 5.81. The monoisotopic (exact) mass is 396 g/mol. The number of nitrogens with one attached hydrogen (secondary N) is 2. The number of carbonyl (C=O) groups is 2. The zero-order chi connectivity index (χ0) is 13.9. The highest BCUT2D eigenvalue weighted by molar-refractivity contribution is 9.12. The van der Waals surface area contributed by atoms with Crippen molar-refractivity contribution in [2.75, 3.05) is 0 Å². The first-order chi connectivity index (χ1) is 8.31. The molecule has 0 aromatic carbocycles. The third kappa shape index (κ3) is 4.37. The van der Waals surface area contributed by atoms with E-state index in [0.717, 1.165) is 7.57 Å². The molecule has 100 valence electrons. The zero-order valence-electron chi connectivity index (χ0n) is 10.2. The average Bonchev–Trinajstić information content (AvgIpc) is 2.56. The number of carbonyl (C=O) groups excluding carboxylic acids is 2. The number of hydrogen-bond donors (Lipinski definition) is 2. The Morgan fingerprint density at radius 2 is 1.83 bits per heavy atom. The van der Waals surface area contributed by atoms with Gasteiger partial charge in [-0.05, 0) is 58.7 Å². The molecule has 0 radical (unpaired) electrons. The highest BCUT2D eigenvalue weighted by Gasteiger charge is 2.19. The first-order valence-electron chi connectivity index (χ1n) is 5.37. The molecule has 0 bridgehead atoms. The van der Waals surface area contributed by atoms with Gasteiger partial charge in [-0.25, -0.2) is 0 Å². The predicted molar refractivity (Wildman–Crippen MR) is 79.9 cm³/mol. The summed E-state index contributed by atoms with van der Waals surface area (Å²) >= 11 is 8.04. The molecular weight excluding hydrogens is 384 g/mol. The van der Waals surface area contributed by atoms with E-state index in [4.69, 9.17) is 0 Å². The fourth-order valence-electron chi connectivity index (χ4n) is 1.24. The van der Waals surface area contributed by atoms with Gasteiger partial charge in [-0.3, -0.25) is 9.59 Å². The normalized spacial score (nSPS) is 12.3. The minimum Gasteiger partial charge on any atom is -0.352 e. The molecular formula is C11H14Br2N2O2S. The van der Waals surface area contributed by atoms with Gasteiger partial charge in [0, 0.05) is 6.04 Å². The van der Waals surface area contributed by atoms with Gasteiger partial charge in [0.1, 0.15) is 6.04 Å². The molecule has 1 aromatic heterocycles. The van der Waals surface area contributed by atoms with Crippen molar-refractivity contribution in [1.82, 2.24) is 10.6 Å². The Labute approximate surface area is 127 Å². The van der Waals surface area contributed by atoms with Crippen LogP contribution in [0.4, 0.5) is 0 Å². The van der Waals surface area contributed by atoms with Crippen LogP contribution in [0, 0.1) is 0 Å². The molecule has 0 saturated carbocycles. The van der Waals surface area contributed by atoms with Crippen LogP contribution < -0.4 is 10.6 Å². The van der Waals surface area contributed by atoms with E-state index in [2.05, 4.69) is 42.5 Å². The second-order valence-electron chi connectivity index (χ2n) is 4.10. The molecule has 0 aliphatic heterocycles. The molecule has 1 unspecified atom stereocenters. The second kappa shape index (κ2) is 6.68. The summed E-state index contributed by atoms with van der Waals surface area (Å²) in [5.74, 6) is -0.459. The molecule has 0 aliphatic rings. The highest BCUT2D eigenvalue weighted by atomic mass is 79.9. The van der Waals surface area contributed by atoms with E-state index in [0.29, 0.717) is 5.56 Å². The maximum Gasteiger partial charge on any atom is 0.253 e. The number of thiophene rings is 1. The van der Waals surface area contributed by atoms with Gasteiger partial charge in [0.2, 0.25) is 5.91 Å². The summed E-state index contributed by atoms with van der Waals surface area (Å²) in [5.41, 5.74) is 0.524. The smallest absolute Gasteiger partial charge is 0.253 e. The molecule has 1 heterocycles. The molecule has 1 aromatic rings. The Hall–Kier alpha value is -0.400. The topological polar surface area (TPSA) is 58.2 Å². The van der Waals surface area contributed by atoms with E-state index in [1.807, 2.05) is 13.8 Å². The summed E-state index contributed by atoms with van der Waals surface area (Å²) in [6, 6.07) is 1.21. The van der Waals surface area contributed by atoms with Crippen LogP contribution in [-0.4, -0.2) is 23.9 Å². The van der Waals surface area contributed by atoms with E-state index >= 15 is 0 Å². The lowest BCUT2D eigenvalue weighted by Gasteiger charge is -2.15. The van der Waals surface area contributed by atoms with E-state index in [1.165, 1.54) is 11.3 Å². The summed E-state index contributed by atoms with van der Waals surface area (Å²) in [5, 5.41) is 5.41. The third-order valence-corrected chi connectivity index (χ3v) is 4.41. The third-order valence-electron chi connectivity index (χ3n) is 2.07. The van der Waals surface area contributed by atoms with Crippen molar-refractivity contribution in [2.45, 2.75) is 32.9 Å². The number of halogens is 2. The fraction of sp³-hybridized carbons (Fsp3) is 0.455. The summed E-state index contributed by atoms with van der Waals surface area (Å²) in [6.07, 6.45) is 0. The second-order valence-corrected chi connectivity index (χ2v) is 7.85. The largest absolute Gasteiger partial charge is 0.352 e. The SMILES string of the molecule is CC(C)NC(=O)C(C)NC(=O)c1cc(Br)sc1Br. The minimum atomic E-state index is -0.564. The number of hydrogen-bond acceptors (Lipinski definition) is 3. The summed E-state index contributed by atoms with van der Waals surface area (Å²) in [6.45, 7) is 5.41. The molecule has 0 aliphatic carbocycles. The Morgan fingerprint density at radius 1 is 1.22 bits per heavy atom. The van der Waals surface area contributed by atoms with Crippen molar-refractivity contribution < 1.29 is 9.59 Å². The maximum absolute atomic E-state index is 11.9. The van der Waals surface area contributed by atoms with Gasteiger partial charge < -0.3 is 10.6 Å². The summed E-state index contributed by atoms with van der Waals surface area (Å²) < 4.78 is 1.60. The molecule has 1 rings (SSSR count). The van der Waals surface area contributed by atoms with Crippen LogP contribution in [0.2, 0.25) is 0 Å². The van der Waals surface area contributed by atoms with Gasteiger partial charge in [0.25, 0.3) is 5.91 Å². The summed E-state index contributed by atoms with van der Waals surface area (Å²) in [4.78, 5) is 23.6. The lowest BCUT2D eigenvalue weighted by Crippen LogP contribution is -2.46. The van der Waals surface area contributed by atoms with Crippen LogP contribution in [0.1, 0.15) is 31.1 Å². The van der Waals surface area contributed by atoms with Crippen LogP contribution >= 0.6 is 43.2 Å². The van der Waals surface area contributed by atoms with E-state index in [1.54, 1.807) is 13.0 Å². The van der Waals surface area contributed by atoms with Gasteiger partial charge in [-0.15, -0.1) is 11.3 Å². The predicted octanol–water partition coefficient (Wildman–Crippen LogP) is 2.92. The summed E-state index contributed by atoms with van der Waals surface area (Å²) in [7, 11) is 0. The molecule has 0 fully saturated rings. The van der Waals surface area contributed by atoms with Crippen LogP contribution in [-0.2, 0) is 4.79 Å². The maximum atomic E-state index is 11.9. The number of amides is 2. The van der Waals surface area contributed by atoms with Crippen molar-refractivity contribution in [3.63, 3.8) is 0 Å². The van der Waals surface area contributed by atoms with Crippen LogP contribution in [0.5, 0.6) is 0 Å². The van der Waals surface area contributed by atoms with Gasteiger partial charge >= 0.3 is 0 Å². The molecule has 4 nitrogen and oxygen atoms in total. The lowest BCUT2D eigenvalue weighted by atomic mass is 10.2. The van der Waals surface area contributed by atoms with Crippen LogP contribution in [0.25, 0.3) is 0 Å². The molecule has 0 saturated heterocycles. The minimum absolute atomic E-state index is 0.0545. The van der Waals surface area contributed by atoms with Gasteiger partial charge in [-0.2, -0.15) is 0 Å². The standard InChI is InChI=1S/C11H14Br2N2O2S/c1-5(2)14-10(16)6(3)15-11(17)7-4-8(12)18-9(7)13/h4-6H,1-3H3,(H,14,16)(H,15,17). The molecule has 2 N–H and O–H groups in total. The fourth-order valence-corrected chi connectivity index (χ4v) is 4.04. The quantitative estimate of drug-likeness (QED) is 0.820. The Balaban J connectivity index is 2.65. The Bertz CT molecular complexity index is 460. The lowest BCUT2D eigenvalue weighted by molar-refractivity contribution is -0.123. The molecule has 18 heavy (non-hydrogen) atoms. The molecule has 7 heteroatoms. The van der Waals surface area contributed by atoms with Crippen molar-refractivity contribution >= 4 is 55.0 Å². The van der Waals surface area contributed by atoms with Crippen molar-refractivity contribution in [1.29, 1.82) is 0 Å². The first kappa shape index (κ1) is 15.7. The Morgan fingerprint density at radius 3 is 2.28 bits per heavy atom. The molecule has 0 spiro atoms. The number of rotatable bonds is 4. The van der Waals surface area contributed by atoms with Crippen LogP contribution in [0.3, 0.4) is 0 Å². The van der Waals surface area contributed by atoms with Gasteiger partial charge in [0.15, 0.2) is 0 Å². The average molecular weight is 398 g/mol.